The van der Waals surface area contributed by atoms with Gasteiger partial charge in [-0.2, -0.15) is 0 Å². The Hall–Kier alpha value is -4.41. The van der Waals surface area contributed by atoms with Gasteiger partial charge in [0.15, 0.2) is 5.78 Å². The van der Waals surface area contributed by atoms with Crippen LogP contribution < -0.4 is 10.6 Å². The molecule has 2 saturated heterocycles. The van der Waals surface area contributed by atoms with E-state index < -0.39 is 29.2 Å². The van der Waals surface area contributed by atoms with Crippen LogP contribution in [0.3, 0.4) is 0 Å². The molecule has 2 aromatic rings. The van der Waals surface area contributed by atoms with Crippen molar-refractivity contribution in [3.05, 3.63) is 70.8 Å². The lowest BCUT2D eigenvalue weighted by Gasteiger charge is -2.25. The van der Waals surface area contributed by atoms with E-state index in [0.29, 0.717) is 51.6 Å². The van der Waals surface area contributed by atoms with Gasteiger partial charge in [-0.05, 0) is 61.6 Å². The SMILES string of the molecule is CCCCCCCC(=O)c1ccc(CCC2(NC(=O)OC)CCOC2=O)cc1.CCCCCCCCc1ccc(CCC2(NC(=O)OC)CCOC2=O)cc1. The van der Waals surface area contributed by atoms with Crippen molar-refractivity contribution < 1.29 is 42.9 Å². The first-order valence-corrected chi connectivity index (χ1v) is 20.4. The second-order valence-corrected chi connectivity index (χ2v) is 14.8. The number of esters is 2. The van der Waals surface area contributed by atoms with Crippen molar-refractivity contribution in [2.75, 3.05) is 27.4 Å². The number of nitrogens with one attached hydrogen (secondary N) is 2. The van der Waals surface area contributed by atoms with E-state index in [9.17, 15) is 24.0 Å². The van der Waals surface area contributed by atoms with Crippen molar-refractivity contribution >= 4 is 29.9 Å². The van der Waals surface area contributed by atoms with Gasteiger partial charge in [0.2, 0.25) is 0 Å². The number of carbonyl (C=O) groups excluding carboxylic acids is 5. The Morgan fingerprint density at radius 3 is 1.40 bits per heavy atom. The molecular formula is C44H64N2O9. The Kier molecular flexibility index (Phi) is 19.8. The van der Waals surface area contributed by atoms with Crippen LogP contribution in [0.5, 0.6) is 0 Å². The zero-order chi connectivity index (χ0) is 39.9. The van der Waals surface area contributed by atoms with Gasteiger partial charge in [0.25, 0.3) is 0 Å². The molecule has 2 atom stereocenters. The van der Waals surface area contributed by atoms with Gasteiger partial charge >= 0.3 is 24.1 Å². The monoisotopic (exact) mass is 764 g/mol. The maximum absolute atomic E-state index is 12.3. The van der Waals surface area contributed by atoms with Crippen molar-refractivity contribution in [1.29, 1.82) is 0 Å². The minimum absolute atomic E-state index is 0.172. The van der Waals surface area contributed by atoms with Crippen LogP contribution in [0.1, 0.15) is 144 Å². The number of ether oxygens (including phenoxy) is 4. The zero-order valence-corrected chi connectivity index (χ0v) is 33.6. The third-order valence-electron chi connectivity index (χ3n) is 10.7. The van der Waals surface area contributed by atoms with Gasteiger partial charge in [-0.25, -0.2) is 19.2 Å². The lowest BCUT2D eigenvalue weighted by molar-refractivity contribution is -0.144. The Morgan fingerprint density at radius 2 is 0.982 bits per heavy atom. The second-order valence-electron chi connectivity index (χ2n) is 14.8. The third-order valence-corrected chi connectivity index (χ3v) is 10.7. The van der Waals surface area contributed by atoms with E-state index in [1.807, 2.05) is 24.3 Å². The van der Waals surface area contributed by atoms with Crippen LogP contribution in [0.4, 0.5) is 9.59 Å². The lowest BCUT2D eigenvalue weighted by Crippen LogP contribution is -2.52. The van der Waals surface area contributed by atoms with Crippen LogP contribution in [0.15, 0.2) is 48.5 Å². The number of ketones is 1. The summed E-state index contributed by atoms with van der Waals surface area (Å²) < 4.78 is 19.5. The van der Waals surface area contributed by atoms with Crippen molar-refractivity contribution in [3.8, 4) is 0 Å². The molecule has 0 spiro atoms. The molecule has 2 aliphatic heterocycles. The molecule has 2 aromatic carbocycles. The van der Waals surface area contributed by atoms with E-state index in [-0.39, 0.29) is 18.4 Å². The number of methoxy groups -OCH3 is 2. The number of hydrogen-bond acceptors (Lipinski definition) is 9. The number of rotatable bonds is 22. The lowest BCUT2D eigenvalue weighted by atomic mass is 9.89. The van der Waals surface area contributed by atoms with E-state index in [1.54, 1.807) is 0 Å². The molecule has 2 unspecified atom stereocenters. The number of cyclic esters (lactones) is 2. The van der Waals surface area contributed by atoms with Gasteiger partial charge in [0, 0.05) is 24.8 Å². The maximum Gasteiger partial charge on any atom is 0.407 e. The number of amides is 2. The molecule has 55 heavy (non-hydrogen) atoms. The summed E-state index contributed by atoms with van der Waals surface area (Å²) in [7, 11) is 2.56. The van der Waals surface area contributed by atoms with Gasteiger partial charge in [0.05, 0.1) is 27.4 Å². The van der Waals surface area contributed by atoms with Crippen molar-refractivity contribution in [3.63, 3.8) is 0 Å². The molecule has 304 valence electrons. The normalized spacial score (nSPS) is 18.8. The summed E-state index contributed by atoms with van der Waals surface area (Å²) >= 11 is 0. The van der Waals surface area contributed by atoms with Crippen LogP contribution in [-0.2, 0) is 47.8 Å². The molecular weight excluding hydrogens is 700 g/mol. The van der Waals surface area contributed by atoms with Gasteiger partial charge in [-0.1, -0.05) is 120 Å². The standard InChI is InChI=1S/C22H31NO5.C22H33NO4/c1-3-4-5-6-7-8-19(24)18-11-9-17(10-12-18)13-14-22(23-21(26)27-2)15-16-28-20(22)25;1-3-4-5-6-7-8-9-18-10-12-19(13-11-18)14-15-22(23-21(25)26-2)16-17-27-20(22)24/h9-12H,3-8,13-16H2,1-2H3,(H,23,26);10-13H,3-9,14-17H2,1-2H3,(H,23,25). The summed E-state index contributed by atoms with van der Waals surface area (Å²) in [5.41, 5.74) is 2.24. The number of benzene rings is 2. The fraction of sp³-hybridized carbons (Fsp3) is 0.614. The topological polar surface area (TPSA) is 146 Å². The fourth-order valence-electron chi connectivity index (χ4n) is 7.00. The average Bonchev–Trinajstić information content (AvgIpc) is 3.75. The minimum Gasteiger partial charge on any atom is -0.464 e. The van der Waals surface area contributed by atoms with Gasteiger partial charge < -0.3 is 29.6 Å². The summed E-state index contributed by atoms with van der Waals surface area (Å²) in [4.78, 5) is 59.8. The molecule has 2 fully saturated rings. The summed E-state index contributed by atoms with van der Waals surface area (Å²) in [6.45, 7) is 5.04. The molecule has 0 saturated carbocycles. The largest absolute Gasteiger partial charge is 0.464 e. The Labute approximate surface area is 328 Å². The molecule has 11 heteroatoms. The van der Waals surface area contributed by atoms with Crippen LogP contribution >= 0.6 is 0 Å². The summed E-state index contributed by atoms with van der Waals surface area (Å²) in [5, 5.41) is 5.33. The third kappa shape index (κ3) is 15.0. The summed E-state index contributed by atoms with van der Waals surface area (Å²) in [6.07, 6.45) is 17.1. The predicted molar refractivity (Wildman–Crippen MR) is 212 cm³/mol. The molecule has 0 radical (unpaired) electrons. The number of carbonyl (C=O) groups is 5. The van der Waals surface area contributed by atoms with E-state index in [2.05, 4.69) is 58.2 Å². The van der Waals surface area contributed by atoms with Crippen LogP contribution in [-0.4, -0.2) is 68.4 Å². The first-order chi connectivity index (χ1) is 26.6. The fourth-order valence-corrected chi connectivity index (χ4v) is 7.00. The Bertz CT molecular complexity index is 1490. The first-order valence-electron chi connectivity index (χ1n) is 20.4. The van der Waals surface area contributed by atoms with Crippen LogP contribution in [0, 0.1) is 0 Å². The van der Waals surface area contributed by atoms with Gasteiger partial charge in [-0.3, -0.25) is 4.79 Å². The number of unbranched alkanes of at least 4 members (excludes halogenated alkanes) is 9. The quantitative estimate of drug-likeness (QED) is 0.0520. The molecule has 11 nitrogen and oxygen atoms in total. The highest BCUT2D eigenvalue weighted by Gasteiger charge is 2.46. The number of hydrogen-bond donors (Lipinski definition) is 2. The van der Waals surface area contributed by atoms with Crippen molar-refractivity contribution in [2.45, 2.75) is 147 Å². The molecule has 2 aliphatic rings. The average molecular weight is 765 g/mol. The van der Waals surface area contributed by atoms with Crippen LogP contribution in [0.2, 0.25) is 0 Å². The number of aryl methyl sites for hydroxylation is 3. The van der Waals surface area contributed by atoms with E-state index in [0.717, 1.165) is 36.0 Å². The summed E-state index contributed by atoms with van der Waals surface area (Å²) in [5.74, 6) is -0.619. The van der Waals surface area contributed by atoms with Gasteiger partial charge in [-0.15, -0.1) is 0 Å². The smallest absolute Gasteiger partial charge is 0.407 e. The Balaban J connectivity index is 0.000000296. The second kappa shape index (κ2) is 24.2. The summed E-state index contributed by atoms with van der Waals surface area (Å²) in [6, 6.07) is 16.1. The minimum atomic E-state index is -1.04. The number of Topliss-reactive ketones (excluding diaryl/α,β-unsaturated/α-hetero) is 1. The number of alkyl carbamates (subject to hydrolysis) is 2. The molecule has 4 rings (SSSR count). The molecule has 2 amide bonds. The zero-order valence-electron chi connectivity index (χ0n) is 33.6. The molecule has 2 heterocycles. The predicted octanol–water partition coefficient (Wildman–Crippen LogP) is 8.77. The van der Waals surface area contributed by atoms with Crippen molar-refractivity contribution in [2.24, 2.45) is 0 Å². The van der Waals surface area contributed by atoms with E-state index in [1.165, 1.54) is 77.6 Å². The molecule has 0 aliphatic carbocycles. The highest BCUT2D eigenvalue weighted by Crippen LogP contribution is 2.28. The highest BCUT2D eigenvalue weighted by molar-refractivity contribution is 5.96. The molecule has 0 aromatic heterocycles. The highest BCUT2D eigenvalue weighted by atomic mass is 16.6. The Morgan fingerprint density at radius 1 is 0.582 bits per heavy atom. The van der Waals surface area contributed by atoms with Crippen molar-refractivity contribution in [1.82, 2.24) is 10.6 Å². The van der Waals surface area contributed by atoms with Crippen LogP contribution in [0.25, 0.3) is 0 Å². The van der Waals surface area contributed by atoms with E-state index in [4.69, 9.17) is 9.47 Å². The van der Waals surface area contributed by atoms with E-state index >= 15 is 0 Å². The molecule has 2 N–H and O–H groups in total. The molecule has 0 bridgehead atoms. The van der Waals surface area contributed by atoms with Gasteiger partial charge in [0.1, 0.15) is 11.1 Å². The first kappa shape index (κ1) is 45.0. The maximum atomic E-state index is 12.3.